The Balaban J connectivity index is 2.53. The molecule has 0 aliphatic heterocycles. The lowest BCUT2D eigenvalue weighted by atomic mass is 10.1. The molecule has 2 N–H and O–H groups in total. The molecule has 66 valence electrons. The first-order valence-electron chi connectivity index (χ1n) is 4.20. The summed E-state index contributed by atoms with van der Waals surface area (Å²) in [5.41, 5.74) is 8.14. The van der Waals surface area contributed by atoms with Gasteiger partial charge in [0, 0.05) is 6.54 Å². The molecular formula is C10H14IN. The minimum Gasteiger partial charge on any atom is -0.326 e. The zero-order chi connectivity index (χ0) is 8.81. The van der Waals surface area contributed by atoms with Crippen LogP contribution in [0.3, 0.4) is 0 Å². The van der Waals surface area contributed by atoms with Crippen molar-refractivity contribution in [1.29, 1.82) is 0 Å². The molecule has 0 heterocycles. The molecule has 2 heteroatoms. The first-order chi connectivity index (χ1) is 5.86. The van der Waals surface area contributed by atoms with Crippen molar-refractivity contribution in [2.75, 3.05) is 4.43 Å². The minimum absolute atomic E-state index is 0.645. The van der Waals surface area contributed by atoms with Crippen LogP contribution in [-0.2, 0) is 13.0 Å². The monoisotopic (exact) mass is 275 g/mol. The van der Waals surface area contributed by atoms with Crippen molar-refractivity contribution in [1.82, 2.24) is 0 Å². The van der Waals surface area contributed by atoms with Gasteiger partial charge in [0.2, 0.25) is 0 Å². The van der Waals surface area contributed by atoms with E-state index in [1.54, 1.807) is 0 Å². The molecule has 0 amide bonds. The van der Waals surface area contributed by atoms with Gasteiger partial charge in [-0.1, -0.05) is 46.9 Å². The first kappa shape index (κ1) is 9.99. The lowest BCUT2D eigenvalue weighted by molar-refractivity contribution is 0.942. The van der Waals surface area contributed by atoms with Crippen LogP contribution in [0, 0.1) is 0 Å². The summed E-state index contributed by atoms with van der Waals surface area (Å²) in [6.45, 7) is 0.645. The summed E-state index contributed by atoms with van der Waals surface area (Å²) in [6, 6.07) is 8.58. The molecule has 0 fully saturated rings. The van der Waals surface area contributed by atoms with Crippen molar-refractivity contribution in [2.45, 2.75) is 19.4 Å². The summed E-state index contributed by atoms with van der Waals surface area (Å²) >= 11 is 2.41. The smallest absolute Gasteiger partial charge is 0.0178 e. The van der Waals surface area contributed by atoms with Crippen molar-refractivity contribution in [3.8, 4) is 0 Å². The van der Waals surface area contributed by atoms with Crippen molar-refractivity contribution >= 4 is 22.6 Å². The zero-order valence-electron chi connectivity index (χ0n) is 7.09. The van der Waals surface area contributed by atoms with E-state index in [1.165, 1.54) is 28.4 Å². The predicted molar refractivity (Wildman–Crippen MR) is 61.5 cm³/mol. The second-order valence-electron chi connectivity index (χ2n) is 2.81. The van der Waals surface area contributed by atoms with E-state index in [0.29, 0.717) is 6.54 Å². The van der Waals surface area contributed by atoms with Crippen molar-refractivity contribution in [3.05, 3.63) is 35.4 Å². The Morgan fingerprint density at radius 1 is 1.08 bits per heavy atom. The van der Waals surface area contributed by atoms with E-state index < -0.39 is 0 Å². The summed E-state index contributed by atoms with van der Waals surface area (Å²) in [7, 11) is 0. The van der Waals surface area contributed by atoms with Gasteiger partial charge in [0.1, 0.15) is 0 Å². The second kappa shape index (κ2) is 5.54. The summed E-state index contributed by atoms with van der Waals surface area (Å²) in [5.74, 6) is 0. The van der Waals surface area contributed by atoms with E-state index in [9.17, 15) is 0 Å². The van der Waals surface area contributed by atoms with Gasteiger partial charge >= 0.3 is 0 Å². The minimum atomic E-state index is 0.645. The maximum absolute atomic E-state index is 5.50. The van der Waals surface area contributed by atoms with E-state index in [2.05, 4.69) is 46.9 Å². The van der Waals surface area contributed by atoms with E-state index >= 15 is 0 Å². The van der Waals surface area contributed by atoms with Gasteiger partial charge in [-0.2, -0.15) is 0 Å². The molecule has 0 radical (unpaired) electrons. The predicted octanol–water partition coefficient (Wildman–Crippen LogP) is 2.51. The molecule has 0 aromatic heterocycles. The summed E-state index contributed by atoms with van der Waals surface area (Å²) < 4.78 is 1.23. The number of halogens is 1. The number of hydrogen-bond acceptors (Lipinski definition) is 1. The number of benzene rings is 1. The Labute approximate surface area is 87.5 Å². The van der Waals surface area contributed by atoms with Crippen molar-refractivity contribution in [2.24, 2.45) is 5.73 Å². The topological polar surface area (TPSA) is 26.0 Å². The molecule has 1 aromatic carbocycles. The molecule has 1 rings (SSSR count). The third-order valence-corrected chi connectivity index (χ3v) is 2.62. The van der Waals surface area contributed by atoms with Gasteiger partial charge in [0.05, 0.1) is 0 Å². The standard InChI is InChI=1S/C10H14IN/c11-7-1-2-9-3-5-10(8-12)6-4-9/h3-6H,1-2,7-8,12H2. The summed E-state index contributed by atoms with van der Waals surface area (Å²) in [4.78, 5) is 0. The summed E-state index contributed by atoms with van der Waals surface area (Å²) in [5, 5.41) is 0. The molecular weight excluding hydrogens is 261 g/mol. The van der Waals surface area contributed by atoms with Crippen LogP contribution >= 0.6 is 22.6 Å². The van der Waals surface area contributed by atoms with Gasteiger partial charge in [0.25, 0.3) is 0 Å². The Morgan fingerprint density at radius 3 is 2.17 bits per heavy atom. The number of aryl methyl sites for hydroxylation is 1. The number of rotatable bonds is 4. The number of hydrogen-bond donors (Lipinski definition) is 1. The highest BCUT2D eigenvalue weighted by Gasteiger charge is 1.92. The fraction of sp³-hybridized carbons (Fsp3) is 0.400. The molecule has 0 spiro atoms. The summed E-state index contributed by atoms with van der Waals surface area (Å²) in [6.07, 6.45) is 2.45. The van der Waals surface area contributed by atoms with Crippen LogP contribution in [0.5, 0.6) is 0 Å². The molecule has 0 aliphatic rings. The average Bonchev–Trinajstić information content (AvgIpc) is 2.15. The highest BCUT2D eigenvalue weighted by Crippen LogP contribution is 2.06. The third-order valence-electron chi connectivity index (χ3n) is 1.86. The van der Waals surface area contributed by atoms with E-state index in [0.717, 1.165) is 0 Å². The lowest BCUT2D eigenvalue weighted by Gasteiger charge is -2.00. The van der Waals surface area contributed by atoms with Crippen LogP contribution in [0.4, 0.5) is 0 Å². The van der Waals surface area contributed by atoms with Crippen molar-refractivity contribution < 1.29 is 0 Å². The van der Waals surface area contributed by atoms with Crippen LogP contribution in [0.15, 0.2) is 24.3 Å². The molecule has 1 nitrogen and oxygen atoms in total. The number of alkyl halides is 1. The fourth-order valence-corrected chi connectivity index (χ4v) is 1.49. The Hall–Kier alpha value is -0.0900. The highest BCUT2D eigenvalue weighted by molar-refractivity contribution is 14.1. The van der Waals surface area contributed by atoms with Crippen LogP contribution in [0.2, 0.25) is 0 Å². The SMILES string of the molecule is NCc1ccc(CCCI)cc1. The lowest BCUT2D eigenvalue weighted by Crippen LogP contribution is -1.96. The molecule has 0 unspecified atom stereocenters. The van der Waals surface area contributed by atoms with Crippen LogP contribution in [-0.4, -0.2) is 4.43 Å². The van der Waals surface area contributed by atoms with Gasteiger partial charge < -0.3 is 5.73 Å². The molecule has 0 atom stereocenters. The molecule has 1 aromatic rings. The maximum Gasteiger partial charge on any atom is 0.0178 e. The molecule has 0 bridgehead atoms. The first-order valence-corrected chi connectivity index (χ1v) is 5.73. The van der Waals surface area contributed by atoms with Crippen molar-refractivity contribution in [3.63, 3.8) is 0 Å². The quantitative estimate of drug-likeness (QED) is 0.663. The van der Waals surface area contributed by atoms with Crippen LogP contribution in [0.1, 0.15) is 17.5 Å². The third kappa shape index (κ3) is 3.11. The Kier molecular flexibility index (Phi) is 4.61. The van der Waals surface area contributed by atoms with Gasteiger partial charge in [-0.25, -0.2) is 0 Å². The molecule has 0 saturated carbocycles. The largest absolute Gasteiger partial charge is 0.326 e. The molecule has 12 heavy (non-hydrogen) atoms. The van der Waals surface area contributed by atoms with E-state index in [-0.39, 0.29) is 0 Å². The van der Waals surface area contributed by atoms with Crippen LogP contribution in [0.25, 0.3) is 0 Å². The van der Waals surface area contributed by atoms with Gasteiger partial charge in [-0.05, 0) is 28.4 Å². The highest BCUT2D eigenvalue weighted by atomic mass is 127. The van der Waals surface area contributed by atoms with Gasteiger partial charge in [0.15, 0.2) is 0 Å². The van der Waals surface area contributed by atoms with Crippen LogP contribution < -0.4 is 5.73 Å². The fourth-order valence-electron chi connectivity index (χ4n) is 1.11. The average molecular weight is 275 g/mol. The number of nitrogens with two attached hydrogens (primary N) is 1. The molecule has 0 saturated heterocycles. The normalized spacial score (nSPS) is 10.2. The molecule has 0 aliphatic carbocycles. The van der Waals surface area contributed by atoms with E-state index in [4.69, 9.17) is 5.73 Å². The Bertz CT molecular complexity index is 218. The van der Waals surface area contributed by atoms with Gasteiger partial charge in [-0.15, -0.1) is 0 Å². The Morgan fingerprint density at radius 2 is 1.67 bits per heavy atom. The maximum atomic E-state index is 5.50. The van der Waals surface area contributed by atoms with Gasteiger partial charge in [-0.3, -0.25) is 0 Å². The van der Waals surface area contributed by atoms with E-state index in [1.807, 2.05) is 0 Å². The zero-order valence-corrected chi connectivity index (χ0v) is 9.25. The second-order valence-corrected chi connectivity index (χ2v) is 3.89.